The van der Waals surface area contributed by atoms with Gasteiger partial charge in [-0.3, -0.25) is 4.79 Å². The van der Waals surface area contributed by atoms with Gasteiger partial charge in [-0.05, 0) is 56.2 Å². The molecular weight excluding hydrogens is 284 g/mol. The third kappa shape index (κ3) is 4.57. The number of thiophene rings is 2. The summed E-state index contributed by atoms with van der Waals surface area (Å²) in [5, 5.41) is 1.97. The molecule has 0 amide bonds. The van der Waals surface area contributed by atoms with Crippen LogP contribution >= 0.6 is 22.7 Å². The second kappa shape index (κ2) is 7.75. The molecule has 0 aliphatic rings. The van der Waals surface area contributed by atoms with Gasteiger partial charge in [-0.1, -0.05) is 18.9 Å². The summed E-state index contributed by atoms with van der Waals surface area (Å²) in [6, 6.07) is 6.19. The first kappa shape index (κ1) is 15.5. The predicted octanol–water partition coefficient (Wildman–Crippen LogP) is 5.80. The lowest BCUT2D eigenvalue weighted by atomic mass is 10.0. The number of aryl methyl sites for hydroxylation is 3. The van der Waals surface area contributed by atoms with E-state index in [-0.39, 0.29) is 0 Å². The Bertz CT molecular complexity index is 537. The van der Waals surface area contributed by atoms with Gasteiger partial charge in [0, 0.05) is 16.2 Å². The highest BCUT2D eigenvalue weighted by Crippen LogP contribution is 2.22. The van der Waals surface area contributed by atoms with Gasteiger partial charge in [0.15, 0.2) is 5.78 Å². The van der Waals surface area contributed by atoms with Crippen molar-refractivity contribution in [1.29, 1.82) is 0 Å². The quantitative estimate of drug-likeness (QED) is 0.445. The molecular formula is C17H22OS2. The van der Waals surface area contributed by atoms with E-state index < -0.39 is 0 Å². The Hall–Kier alpha value is -0.930. The zero-order valence-electron chi connectivity index (χ0n) is 12.3. The fraction of sp³-hybridized carbons (Fsp3) is 0.471. The lowest BCUT2D eigenvalue weighted by Crippen LogP contribution is -1.95. The average molecular weight is 306 g/mol. The van der Waals surface area contributed by atoms with Crippen LogP contribution in [0.5, 0.6) is 0 Å². The first-order valence-electron chi connectivity index (χ1n) is 7.29. The molecule has 3 heteroatoms. The molecule has 1 nitrogen and oxygen atoms in total. The Morgan fingerprint density at radius 1 is 1.15 bits per heavy atom. The van der Waals surface area contributed by atoms with E-state index in [1.54, 1.807) is 11.3 Å². The fourth-order valence-corrected chi connectivity index (χ4v) is 4.12. The van der Waals surface area contributed by atoms with Gasteiger partial charge in [-0.25, -0.2) is 0 Å². The molecule has 0 saturated heterocycles. The fourth-order valence-electron chi connectivity index (χ4n) is 2.45. The molecule has 0 spiro atoms. The summed E-state index contributed by atoms with van der Waals surface area (Å²) in [7, 11) is 0. The molecule has 0 radical (unpaired) electrons. The largest absolute Gasteiger partial charge is 0.293 e. The third-order valence-electron chi connectivity index (χ3n) is 3.54. The lowest BCUT2D eigenvalue weighted by Gasteiger charge is -2.01. The Morgan fingerprint density at radius 2 is 1.95 bits per heavy atom. The smallest absolute Gasteiger partial charge is 0.172 e. The summed E-state index contributed by atoms with van der Waals surface area (Å²) in [4.78, 5) is 15.6. The van der Waals surface area contributed by atoms with E-state index in [1.807, 2.05) is 28.8 Å². The molecule has 2 aromatic rings. The Labute approximate surface area is 129 Å². The molecule has 0 bridgehead atoms. The Kier molecular flexibility index (Phi) is 5.99. The van der Waals surface area contributed by atoms with E-state index in [1.165, 1.54) is 41.0 Å². The third-order valence-corrected chi connectivity index (χ3v) is 5.46. The van der Waals surface area contributed by atoms with Gasteiger partial charge >= 0.3 is 0 Å². The topological polar surface area (TPSA) is 17.1 Å². The maximum atomic E-state index is 11.8. The number of carbonyl (C=O) groups excluding carboxylic acids is 1. The summed E-state index contributed by atoms with van der Waals surface area (Å²) in [5.41, 5.74) is 1.52. The summed E-state index contributed by atoms with van der Waals surface area (Å²) in [6.07, 6.45) is 6.56. The highest BCUT2D eigenvalue weighted by molar-refractivity contribution is 7.12. The highest BCUT2D eigenvalue weighted by Gasteiger charge is 2.06. The van der Waals surface area contributed by atoms with Crippen LogP contribution in [-0.4, -0.2) is 5.78 Å². The first-order valence-corrected chi connectivity index (χ1v) is 8.99. The second-order valence-electron chi connectivity index (χ2n) is 5.25. The van der Waals surface area contributed by atoms with Crippen LogP contribution in [0.2, 0.25) is 0 Å². The molecule has 0 saturated carbocycles. The van der Waals surface area contributed by atoms with Gasteiger partial charge in [0.1, 0.15) is 0 Å². The van der Waals surface area contributed by atoms with Crippen molar-refractivity contribution >= 4 is 28.5 Å². The molecule has 0 unspecified atom stereocenters. The Balaban J connectivity index is 1.58. The van der Waals surface area contributed by atoms with Crippen LogP contribution in [-0.2, 0) is 6.42 Å². The van der Waals surface area contributed by atoms with Crippen LogP contribution < -0.4 is 0 Å². The van der Waals surface area contributed by atoms with Crippen molar-refractivity contribution in [3.05, 3.63) is 43.8 Å². The average Bonchev–Trinajstić information content (AvgIpc) is 3.03. The van der Waals surface area contributed by atoms with E-state index in [2.05, 4.69) is 19.9 Å². The number of carbonyl (C=O) groups is 1. The SMILES string of the molecule is Cc1cc(CCCCCCC(=O)c2cccs2)c(C)s1. The Morgan fingerprint density at radius 3 is 2.60 bits per heavy atom. The maximum absolute atomic E-state index is 11.8. The molecule has 0 aliphatic heterocycles. The van der Waals surface area contributed by atoms with Crippen LogP contribution in [0, 0.1) is 13.8 Å². The number of ketones is 1. The zero-order valence-corrected chi connectivity index (χ0v) is 13.9. The van der Waals surface area contributed by atoms with Crippen LogP contribution in [0.1, 0.15) is 57.1 Å². The van der Waals surface area contributed by atoms with Gasteiger partial charge in [0.05, 0.1) is 4.88 Å². The lowest BCUT2D eigenvalue weighted by molar-refractivity contribution is 0.0983. The minimum absolute atomic E-state index is 0.310. The molecule has 108 valence electrons. The minimum Gasteiger partial charge on any atom is -0.293 e. The van der Waals surface area contributed by atoms with E-state index >= 15 is 0 Å². The van der Waals surface area contributed by atoms with Crippen molar-refractivity contribution in [3.8, 4) is 0 Å². The van der Waals surface area contributed by atoms with Crippen molar-refractivity contribution in [2.75, 3.05) is 0 Å². The van der Waals surface area contributed by atoms with Crippen molar-refractivity contribution in [1.82, 2.24) is 0 Å². The highest BCUT2D eigenvalue weighted by atomic mass is 32.1. The van der Waals surface area contributed by atoms with Gasteiger partial charge in [-0.2, -0.15) is 0 Å². The molecule has 0 atom stereocenters. The molecule has 0 aromatic carbocycles. The number of hydrogen-bond acceptors (Lipinski definition) is 3. The van der Waals surface area contributed by atoms with Crippen LogP contribution in [0.25, 0.3) is 0 Å². The van der Waals surface area contributed by atoms with Crippen LogP contribution in [0.3, 0.4) is 0 Å². The number of hydrogen-bond donors (Lipinski definition) is 0. The predicted molar refractivity (Wildman–Crippen MR) is 89.2 cm³/mol. The summed E-state index contributed by atoms with van der Waals surface area (Å²) in [6.45, 7) is 4.39. The molecule has 0 aliphatic carbocycles. The van der Waals surface area contributed by atoms with E-state index in [0.29, 0.717) is 12.2 Å². The maximum Gasteiger partial charge on any atom is 0.172 e. The van der Waals surface area contributed by atoms with Crippen LogP contribution in [0.15, 0.2) is 23.6 Å². The number of rotatable bonds is 8. The van der Waals surface area contributed by atoms with E-state index in [0.717, 1.165) is 11.3 Å². The molecule has 0 N–H and O–H groups in total. The monoisotopic (exact) mass is 306 g/mol. The molecule has 2 heterocycles. The summed E-state index contributed by atoms with van der Waals surface area (Å²) in [5.74, 6) is 0.310. The number of Topliss-reactive ketones (excluding diaryl/α,β-unsaturated/α-hetero) is 1. The summed E-state index contributed by atoms with van der Waals surface area (Å²) >= 11 is 3.45. The van der Waals surface area contributed by atoms with Crippen molar-refractivity contribution in [2.24, 2.45) is 0 Å². The molecule has 2 aromatic heterocycles. The van der Waals surface area contributed by atoms with E-state index in [9.17, 15) is 4.79 Å². The van der Waals surface area contributed by atoms with Crippen molar-refractivity contribution in [2.45, 2.75) is 52.4 Å². The molecule has 20 heavy (non-hydrogen) atoms. The normalized spacial score (nSPS) is 10.9. The van der Waals surface area contributed by atoms with Gasteiger partial charge in [-0.15, -0.1) is 22.7 Å². The van der Waals surface area contributed by atoms with Crippen molar-refractivity contribution in [3.63, 3.8) is 0 Å². The standard InChI is InChI=1S/C17H22OS2/c1-13-12-15(14(2)20-13)8-5-3-4-6-9-16(18)17-10-7-11-19-17/h7,10-12H,3-6,8-9H2,1-2H3. The van der Waals surface area contributed by atoms with Crippen molar-refractivity contribution < 1.29 is 4.79 Å². The second-order valence-corrected chi connectivity index (χ2v) is 7.66. The van der Waals surface area contributed by atoms with E-state index in [4.69, 9.17) is 0 Å². The van der Waals surface area contributed by atoms with Crippen LogP contribution in [0.4, 0.5) is 0 Å². The first-order chi connectivity index (χ1) is 9.66. The molecule has 2 rings (SSSR count). The minimum atomic E-state index is 0.310. The zero-order chi connectivity index (χ0) is 14.4. The molecule has 0 fully saturated rings. The van der Waals surface area contributed by atoms with Gasteiger partial charge in [0.25, 0.3) is 0 Å². The van der Waals surface area contributed by atoms with Gasteiger partial charge in [0.2, 0.25) is 0 Å². The van der Waals surface area contributed by atoms with Gasteiger partial charge < -0.3 is 0 Å². The summed E-state index contributed by atoms with van der Waals surface area (Å²) < 4.78 is 0. The number of unbranched alkanes of at least 4 members (excludes halogenated alkanes) is 3.